The van der Waals surface area contributed by atoms with E-state index in [4.69, 9.17) is 9.15 Å². The van der Waals surface area contributed by atoms with Crippen molar-refractivity contribution in [2.75, 3.05) is 20.2 Å². The van der Waals surface area contributed by atoms with Crippen molar-refractivity contribution in [3.63, 3.8) is 0 Å². The molecule has 1 aliphatic rings. The number of carbonyl (C=O) groups excluding carboxylic acids is 1. The zero-order valence-corrected chi connectivity index (χ0v) is 21.7. The van der Waals surface area contributed by atoms with Crippen molar-refractivity contribution in [2.45, 2.75) is 58.8 Å². The fraction of sp³-hybridized carbons (Fsp3) is 0.500. The van der Waals surface area contributed by atoms with E-state index < -0.39 is 5.97 Å². The van der Waals surface area contributed by atoms with Gasteiger partial charge in [-0.05, 0) is 45.2 Å². The average Bonchev–Trinajstić information content (AvgIpc) is 3.15. The first kappa shape index (κ1) is 26.2. The van der Waals surface area contributed by atoms with E-state index in [0.29, 0.717) is 35.7 Å². The molecule has 1 aromatic carbocycles. The molecule has 1 aromatic heterocycles. The van der Waals surface area contributed by atoms with Crippen LogP contribution in [0.5, 0.6) is 0 Å². The molecule has 2 aromatic rings. The highest BCUT2D eigenvalue weighted by molar-refractivity contribution is 14.0. The Balaban J connectivity index is 0.00000363. The van der Waals surface area contributed by atoms with Crippen LogP contribution in [-0.2, 0) is 17.8 Å². The largest absolute Gasteiger partial charge is 0.465 e. The fourth-order valence-corrected chi connectivity index (χ4v) is 4.01. The molecule has 0 spiro atoms. The van der Waals surface area contributed by atoms with Crippen LogP contribution in [0.15, 0.2) is 45.8 Å². The van der Waals surface area contributed by atoms with Crippen LogP contribution in [0.1, 0.15) is 54.1 Å². The number of likely N-dealkylation sites (tertiary alicyclic amines) is 1. The van der Waals surface area contributed by atoms with Crippen LogP contribution < -0.4 is 10.6 Å². The number of piperidine rings is 1. The molecule has 32 heavy (non-hydrogen) atoms. The number of methoxy groups -OCH3 is 1. The average molecular weight is 554 g/mol. The van der Waals surface area contributed by atoms with Crippen molar-refractivity contribution in [1.29, 1.82) is 0 Å². The summed E-state index contributed by atoms with van der Waals surface area (Å²) >= 11 is 0. The number of guanidine groups is 1. The summed E-state index contributed by atoms with van der Waals surface area (Å²) in [6.45, 7) is 9.27. The van der Waals surface area contributed by atoms with Crippen LogP contribution in [0.25, 0.3) is 0 Å². The Hall–Kier alpha value is -2.07. The smallest absolute Gasteiger partial charge is 0.341 e. The van der Waals surface area contributed by atoms with Crippen LogP contribution in [0, 0.1) is 6.92 Å². The summed E-state index contributed by atoms with van der Waals surface area (Å²) in [5.41, 5.74) is 1.81. The summed E-state index contributed by atoms with van der Waals surface area (Å²) in [6, 6.07) is 13.2. The maximum atomic E-state index is 11.8. The second-order valence-electron chi connectivity index (χ2n) is 8.04. The molecule has 7 nitrogen and oxygen atoms in total. The Morgan fingerprint density at radius 1 is 1.31 bits per heavy atom. The SMILES string of the molecule is CCNC(=NCc1cc(C(=O)OC)c(C)o1)NC1CCN(Cc2ccccc2)C(C)C1.I. The van der Waals surface area contributed by atoms with Crippen molar-refractivity contribution in [3.8, 4) is 0 Å². The van der Waals surface area contributed by atoms with Gasteiger partial charge in [-0.25, -0.2) is 9.79 Å². The molecule has 3 rings (SSSR count). The molecule has 1 aliphatic heterocycles. The van der Waals surface area contributed by atoms with Crippen LogP contribution in [0.2, 0.25) is 0 Å². The summed E-state index contributed by atoms with van der Waals surface area (Å²) in [4.78, 5) is 19.0. The number of ether oxygens (including phenoxy) is 1. The number of aliphatic imine (C=N–C) groups is 1. The summed E-state index contributed by atoms with van der Waals surface area (Å²) in [6.07, 6.45) is 2.12. The zero-order valence-electron chi connectivity index (χ0n) is 19.4. The lowest BCUT2D eigenvalue weighted by atomic mass is 9.97. The van der Waals surface area contributed by atoms with Gasteiger partial charge in [-0.3, -0.25) is 4.90 Å². The maximum absolute atomic E-state index is 11.8. The monoisotopic (exact) mass is 554 g/mol. The Morgan fingerprint density at radius 3 is 2.72 bits per heavy atom. The lowest BCUT2D eigenvalue weighted by Gasteiger charge is -2.38. The molecule has 0 aliphatic carbocycles. The molecule has 0 radical (unpaired) electrons. The predicted molar refractivity (Wildman–Crippen MR) is 137 cm³/mol. The minimum Gasteiger partial charge on any atom is -0.465 e. The summed E-state index contributed by atoms with van der Waals surface area (Å²) in [5, 5.41) is 6.89. The number of hydrogen-bond donors (Lipinski definition) is 2. The van der Waals surface area contributed by atoms with E-state index in [-0.39, 0.29) is 24.0 Å². The Morgan fingerprint density at radius 2 is 2.06 bits per heavy atom. The second kappa shape index (κ2) is 12.8. The van der Waals surface area contributed by atoms with E-state index in [2.05, 4.69) is 64.7 Å². The third-order valence-electron chi connectivity index (χ3n) is 5.69. The van der Waals surface area contributed by atoms with Crippen molar-refractivity contribution >= 4 is 35.9 Å². The minimum absolute atomic E-state index is 0. The van der Waals surface area contributed by atoms with Crippen LogP contribution in [0.3, 0.4) is 0 Å². The first-order valence-electron chi connectivity index (χ1n) is 11.0. The van der Waals surface area contributed by atoms with Gasteiger partial charge in [0.05, 0.1) is 7.11 Å². The van der Waals surface area contributed by atoms with Crippen molar-refractivity contribution in [3.05, 3.63) is 59.0 Å². The van der Waals surface area contributed by atoms with E-state index in [1.54, 1.807) is 13.0 Å². The van der Waals surface area contributed by atoms with Gasteiger partial charge in [-0.15, -0.1) is 24.0 Å². The van der Waals surface area contributed by atoms with Gasteiger partial charge in [-0.2, -0.15) is 0 Å². The van der Waals surface area contributed by atoms with E-state index >= 15 is 0 Å². The van der Waals surface area contributed by atoms with Gasteiger partial charge in [0.2, 0.25) is 0 Å². The molecular weight excluding hydrogens is 519 g/mol. The van der Waals surface area contributed by atoms with Crippen LogP contribution in [-0.4, -0.2) is 49.1 Å². The fourth-order valence-electron chi connectivity index (χ4n) is 4.01. The third kappa shape index (κ3) is 7.23. The van der Waals surface area contributed by atoms with Gasteiger partial charge >= 0.3 is 5.97 Å². The van der Waals surface area contributed by atoms with Gasteiger partial charge < -0.3 is 19.8 Å². The van der Waals surface area contributed by atoms with E-state index in [1.165, 1.54) is 12.7 Å². The highest BCUT2D eigenvalue weighted by Gasteiger charge is 2.26. The number of benzene rings is 1. The van der Waals surface area contributed by atoms with E-state index in [0.717, 1.165) is 38.4 Å². The Labute approximate surface area is 208 Å². The number of nitrogens with zero attached hydrogens (tertiary/aromatic N) is 2. The first-order valence-corrected chi connectivity index (χ1v) is 11.0. The lowest BCUT2D eigenvalue weighted by Crippen LogP contribution is -2.51. The number of furan rings is 1. The molecule has 0 amide bonds. The number of nitrogens with one attached hydrogen (secondary N) is 2. The number of rotatable bonds is 7. The summed E-state index contributed by atoms with van der Waals surface area (Å²) in [5.74, 6) is 1.57. The van der Waals surface area contributed by atoms with E-state index in [1.807, 2.05) is 0 Å². The van der Waals surface area contributed by atoms with Gasteiger partial charge in [-0.1, -0.05) is 30.3 Å². The molecule has 176 valence electrons. The van der Waals surface area contributed by atoms with Crippen LogP contribution in [0.4, 0.5) is 0 Å². The topological polar surface area (TPSA) is 79.1 Å². The number of hydrogen-bond acceptors (Lipinski definition) is 5. The molecule has 0 saturated carbocycles. The number of esters is 1. The second-order valence-corrected chi connectivity index (χ2v) is 8.04. The lowest BCUT2D eigenvalue weighted by molar-refractivity contribution is 0.0599. The first-order chi connectivity index (χ1) is 15.0. The Kier molecular flexibility index (Phi) is 10.5. The molecule has 2 N–H and O–H groups in total. The molecular formula is C24H35IN4O3. The molecule has 8 heteroatoms. The van der Waals surface area contributed by atoms with Gasteiger partial charge in [0.15, 0.2) is 5.96 Å². The summed E-state index contributed by atoms with van der Waals surface area (Å²) < 4.78 is 10.5. The highest BCUT2D eigenvalue weighted by Crippen LogP contribution is 2.20. The molecule has 2 atom stereocenters. The molecule has 1 saturated heterocycles. The van der Waals surface area contributed by atoms with E-state index in [9.17, 15) is 4.79 Å². The quantitative estimate of drug-likeness (QED) is 0.232. The molecule has 0 bridgehead atoms. The normalized spacial score (nSPS) is 19.2. The number of aryl methyl sites for hydroxylation is 1. The van der Waals surface area contributed by atoms with Crippen molar-refractivity contribution in [2.24, 2.45) is 4.99 Å². The molecule has 1 fully saturated rings. The predicted octanol–water partition coefficient (Wildman–Crippen LogP) is 4.10. The third-order valence-corrected chi connectivity index (χ3v) is 5.69. The Bertz CT molecular complexity index is 885. The highest BCUT2D eigenvalue weighted by atomic mass is 127. The van der Waals surface area contributed by atoms with Crippen molar-refractivity contribution in [1.82, 2.24) is 15.5 Å². The zero-order chi connectivity index (χ0) is 22.2. The summed E-state index contributed by atoms with van der Waals surface area (Å²) in [7, 11) is 1.37. The van der Waals surface area contributed by atoms with Crippen molar-refractivity contribution < 1.29 is 13.9 Å². The standard InChI is InChI=1S/C24H34N4O3.HI/c1-5-25-24(26-15-21-14-22(18(3)31-21)23(29)30-4)27-20-11-12-28(17(2)13-20)16-19-9-7-6-8-10-19;/h6-10,14,17,20H,5,11-13,15-16H2,1-4H3,(H2,25,26,27);1H. The molecule has 2 unspecified atom stereocenters. The van der Waals surface area contributed by atoms with Gasteiger partial charge in [0.25, 0.3) is 0 Å². The molecule has 2 heterocycles. The maximum Gasteiger partial charge on any atom is 0.341 e. The minimum atomic E-state index is -0.391. The number of halogens is 1. The number of carbonyl (C=O) groups is 1. The van der Waals surface area contributed by atoms with Gasteiger partial charge in [0.1, 0.15) is 23.6 Å². The van der Waals surface area contributed by atoms with Gasteiger partial charge in [0, 0.05) is 31.7 Å². The van der Waals surface area contributed by atoms with Crippen LogP contribution >= 0.6 is 24.0 Å².